The third-order valence-corrected chi connectivity index (χ3v) is 0.716. The lowest BCUT2D eigenvalue weighted by molar-refractivity contribution is -0.149. The third kappa shape index (κ3) is 7.72. The average molecular weight is 189 g/mol. The van der Waals surface area contributed by atoms with Gasteiger partial charge < -0.3 is 5.11 Å². The molecule has 0 radical (unpaired) electrons. The Hall–Kier alpha value is -0.280. The molecule has 0 fully saturated rings. The molecule has 0 bridgehead atoms. The first-order valence-corrected chi connectivity index (χ1v) is 2.44. The molecular formula is C5H10Cl2O3. The number of carboxylic acids is 1. The van der Waals surface area contributed by atoms with E-state index in [0.29, 0.717) is 6.42 Å². The van der Waals surface area contributed by atoms with E-state index in [0.717, 1.165) is 0 Å². The Kier molecular flexibility index (Phi) is 14.3. The molecule has 0 saturated carbocycles. The summed E-state index contributed by atoms with van der Waals surface area (Å²) in [6.07, 6.45) is 0.750. The van der Waals surface area contributed by atoms with Crippen LogP contribution in [0.25, 0.3) is 0 Å². The Labute approximate surface area is 71.6 Å². The van der Waals surface area contributed by atoms with Gasteiger partial charge in [0.2, 0.25) is 5.78 Å². The predicted octanol–water partition coefficient (Wildman–Crippen LogP) is 1.28. The van der Waals surface area contributed by atoms with Crippen LogP contribution < -0.4 is 0 Å². The first-order chi connectivity index (χ1) is 3.68. The van der Waals surface area contributed by atoms with Gasteiger partial charge in [0, 0.05) is 6.42 Å². The number of ketones is 1. The minimum atomic E-state index is -1.33. The molecule has 0 heterocycles. The molecule has 10 heavy (non-hydrogen) atoms. The number of hydrogen-bond donors (Lipinski definition) is 1. The van der Waals surface area contributed by atoms with Crippen molar-refractivity contribution in [1.29, 1.82) is 0 Å². The highest BCUT2D eigenvalue weighted by atomic mass is 35.5. The molecule has 5 heteroatoms. The molecule has 0 rings (SSSR count). The predicted molar refractivity (Wildman–Crippen MR) is 42.0 cm³/mol. The zero-order valence-corrected chi connectivity index (χ0v) is 7.13. The van der Waals surface area contributed by atoms with E-state index in [2.05, 4.69) is 0 Å². The summed E-state index contributed by atoms with van der Waals surface area (Å²) < 4.78 is 0. The second-order valence-corrected chi connectivity index (χ2v) is 1.48. The number of rotatable bonds is 3. The monoisotopic (exact) mass is 188 g/mol. The minimum Gasteiger partial charge on any atom is -0.476 e. The Balaban J connectivity index is -0.000000245. The van der Waals surface area contributed by atoms with Gasteiger partial charge in [0.05, 0.1) is 0 Å². The van der Waals surface area contributed by atoms with Gasteiger partial charge in [-0.2, -0.15) is 0 Å². The van der Waals surface area contributed by atoms with E-state index in [4.69, 9.17) is 5.11 Å². The fourth-order valence-electron chi connectivity index (χ4n) is 0.334. The molecule has 0 atom stereocenters. The van der Waals surface area contributed by atoms with E-state index < -0.39 is 11.8 Å². The van der Waals surface area contributed by atoms with Crippen LogP contribution in [0, 0.1) is 0 Å². The lowest BCUT2D eigenvalue weighted by Gasteiger charge is -1.85. The van der Waals surface area contributed by atoms with Gasteiger partial charge in [-0.3, -0.25) is 4.79 Å². The van der Waals surface area contributed by atoms with Gasteiger partial charge in [0.15, 0.2) is 0 Å². The van der Waals surface area contributed by atoms with Gasteiger partial charge in [0.25, 0.3) is 0 Å². The van der Waals surface area contributed by atoms with Gasteiger partial charge >= 0.3 is 5.97 Å². The zero-order chi connectivity index (χ0) is 6.57. The molecule has 62 valence electrons. The van der Waals surface area contributed by atoms with Crippen LogP contribution in [0.3, 0.4) is 0 Å². The number of halogens is 2. The largest absolute Gasteiger partial charge is 0.476 e. The lowest BCUT2D eigenvalue weighted by atomic mass is 10.2. The second-order valence-electron chi connectivity index (χ2n) is 1.48. The van der Waals surface area contributed by atoms with E-state index in [1.807, 2.05) is 0 Å². The summed E-state index contributed by atoms with van der Waals surface area (Å²) in [5.74, 6) is -2.03. The van der Waals surface area contributed by atoms with Crippen LogP contribution >= 0.6 is 24.8 Å². The van der Waals surface area contributed by atoms with Crippen molar-refractivity contribution in [2.75, 3.05) is 0 Å². The molecular weight excluding hydrogens is 179 g/mol. The normalized spacial score (nSPS) is 6.90. The molecule has 3 nitrogen and oxygen atoms in total. The number of aliphatic carboxylic acids is 1. The Morgan fingerprint density at radius 1 is 1.30 bits per heavy atom. The van der Waals surface area contributed by atoms with Crippen molar-refractivity contribution in [1.82, 2.24) is 0 Å². The summed E-state index contributed by atoms with van der Waals surface area (Å²) >= 11 is 0. The Morgan fingerprint density at radius 3 is 1.80 bits per heavy atom. The maximum Gasteiger partial charge on any atom is 0.372 e. The van der Waals surface area contributed by atoms with Crippen LogP contribution in [-0.2, 0) is 9.59 Å². The number of Topliss-reactive ketones (excluding diaryl/α,β-unsaturated/α-hetero) is 1. The molecule has 0 spiro atoms. The number of carboxylic acid groups (broad SMARTS) is 1. The molecule has 0 aliphatic rings. The standard InChI is InChI=1S/C5H8O3.2ClH/c1-2-3-4(6)5(7)8;;/h2-3H2,1H3,(H,7,8);2*1H. The van der Waals surface area contributed by atoms with Crippen molar-refractivity contribution in [2.24, 2.45) is 0 Å². The highest BCUT2D eigenvalue weighted by Crippen LogP contribution is 1.87. The van der Waals surface area contributed by atoms with Gasteiger partial charge in [0.1, 0.15) is 0 Å². The second kappa shape index (κ2) is 8.72. The quantitative estimate of drug-likeness (QED) is 0.680. The fourth-order valence-corrected chi connectivity index (χ4v) is 0.334. The summed E-state index contributed by atoms with van der Waals surface area (Å²) in [5.41, 5.74) is 0. The maximum atomic E-state index is 10.1. The first kappa shape index (κ1) is 16.4. The molecule has 0 aromatic rings. The fraction of sp³-hybridized carbons (Fsp3) is 0.600. The van der Waals surface area contributed by atoms with Crippen LogP contribution in [0.15, 0.2) is 0 Å². The van der Waals surface area contributed by atoms with E-state index in [1.54, 1.807) is 6.92 Å². The summed E-state index contributed by atoms with van der Waals surface area (Å²) in [6, 6.07) is 0. The Morgan fingerprint density at radius 2 is 1.70 bits per heavy atom. The molecule has 0 aliphatic carbocycles. The SMILES string of the molecule is CCCC(=O)C(=O)O.Cl.Cl. The van der Waals surface area contributed by atoms with Crippen LogP contribution in [0.2, 0.25) is 0 Å². The number of carbonyl (C=O) groups is 2. The first-order valence-electron chi connectivity index (χ1n) is 2.44. The molecule has 0 amide bonds. The van der Waals surface area contributed by atoms with Crippen molar-refractivity contribution in [3.05, 3.63) is 0 Å². The van der Waals surface area contributed by atoms with E-state index in [-0.39, 0.29) is 31.2 Å². The number of hydrogen-bond acceptors (Lipinski definition) is 2. The maximum absolute atomic E-state index is 10.1. The van der Waals surface area contributed by atoms with Crippen molar-refractivity contribution in [3.8, 4) is 0 Å². The molecule has 0 unspecified atom stereocenters. The van der Waals surface area contributed by atoms with Gasteiger partial charge in [-0.1, -0.05) is 6.92 Å². The van der Waals surface area contributed by atoms with Crippen molar-refractivity contribution < 1.29 is 14.7 Å². The van der Waals surface area contributed by atoms with Crippen LogP contribution in [0.4, 0.5) is 0 Å². The van der Waals surface area contributed by atoms with Crippen molar-refractivity contribution in [3.63, 3.8) is 0 Å². The number of carbonyl (C=O) groups excluding carboxylic acids is 1. The molecule has 1 N–H and O–H groups in total. The highest BCUT2D eigenvalue weighted by Gasteiger charge is 2.07. The minimum absolute atomic E-state index is 0. The van der Waals surface area contributed by atoms with Crippen molar-refractivity contribution in [2.45, 2.75) is 19.8 Å². The summed E-state index contributed by atoms with van der Waals surface area (Å²) in [6.45, 7) is 1.76. The van der Waals surface area contributed by atoms with Gasteiger partial charge in [-0.05, 0) is 6.42 Å². The zero-order valence-electron chi connectivity index (χ0n) is 5.49. The van der Waals surface area contributed by atoms with E-state index in [9.17, 15) is 9.59 Å². The molecule has 0 aromatic heterocycles. The smallest absolute Gasteiger partial charge is 0.372 e. The molecule has 0 aromatic carbocycles. The third-order valence-electron chi connectivity index (χ3n) is 0.716. The van der Waals surface area contributed by atoms with Crippen LogP contribution in [-0.4, -0.2) is 16.9 Å². The van der Waals surface area contributed by atoms with Crippen LogP contribution in [0.5, 0.6) is 0 Å². The van der Waals surface area contributed by atoms with E-state index >= 15 is 0 Å². The molecule has 0 saturated heterocycles. The lowest BCUT2D eigenvalue weighted by Crippen LogP contribution is -2.10. The van der Waals surface area contributed by atoms with Gasteiger partial charge in [-0.15, -0.1) is 24.8 Å². The Bertz CT molecular complexity index is 113. The molecule has 0 aliphatic heterocycles. The summed E-state index contributed by atoms with van der Waals surface area (Å²) in [7, 11) is 0. The van der Waals surface area contributed by atoms with Crippen molar-refractivity contribution >= 4 is 36.6 Å². The topological polar surface area (TPSA) is 54.4 Å². The summed E-state index contributed by atoms with van der Waals surface area (Å²) in [4.78, 5) is 19.9. The van der Waals surface area contributed by atoms with Crippen LogP contribution in [0.1, 0.15) is 19.8 Å². The van der Waals surface area contributed by atoms with E-state index in [1.165, 1.54) is 0 Å². The highest BCUT2D eigenvalue weighted by molar-refractivity contribution is 6.32. The van der Waals surface area contributed by atoms with Gasteiger partial charge in [-0.25, -0.2) is 4.79 Å². The average Bonchev–Trinajstić information content (AvgIpc) is 1.67. The summed E-state index contributed by atoms with van der Waals surface area (Å²) in [5, 5.41) is 7.96.